The lowest BCUT2D eigenvalue weighted by molar-refractivity contribution is -0.292. The van der Waals surface area contributed by atoms with Gasteiger partial charge in [-0.25, -0.2) is 9.59 Å². The van der Waals surface area contributed by atoms with Crippen molar-refractivity contribution < 1.29 is 56.0 Å². The van der Waals surface area contributed by atoms with Crippen molar-refractivity contribution in [1.82, 2.24) is 10.1 Å². The molecule has 0 spiro atoms. The van der Waals surface area contributed by atoms with Gasteiger partial charge in [-0.3, -0.25) is 18.8 Å². The fourth-order valence-corrected chi connectivity index (χ4v) is 10.9. The van der Waals surface area contributed by atoms with E-state index in [0.717, 1.165) is 0 Å². The summed E-state index contributed by atoms with van der Waals surface area (Å²) < 4.78 is 62.7. The smallest absolute Gasteiger partial charge is 0.350 e. The minimum Gasteiger partial charge on any atom is -0.464 e. The Morgan fingerprint density at radius 1 is 0.481 bits per heavy atom. The molecule has 0 aromatic carbocycles. The molecule has 0 fully saturated rings. The van der Waals surface area contributed by atoms with Gasteiger partial charge in [0.25, 0.3) is 0 Å². The molecule has 0 aromatic heterocycles. The van der Waals surface area contributed by atoms with Crippen molar-refractivity contribution in [3.8, 4) is 0 Å². The van der Waals surface area contributed by atoms with Gasteiger partial charge < -0.3 is 27.6 Å². The number of hydroxylamine groups is 4. The van der Waals surface area contributed by atoms with Crippen molar-refractivity contribution in [1.29, 1.82) is 0 Å². The first kappa shape index (κ1) is 53.1. The van der Waals surface area contributed by atoms with Crippen LogP contribution in [-0.4, -0.2) is 95.6 Å². The van der Waals surface area contributed by atoms with Gasteiger partial charge in [-0.15, -0.1) is 0 Å². The zero-order valence-corrected chi connectivity index (χ0v) is 39.3. The lowest BCUT2D eigenvalue weighted by Gasteiger charge is -2.49. The van der Waals surface area contributed by atoms with E-state index < -0.39 is 71.8 Å². The van der Waals surface area contributed by atoms with Crippen LogP contribution in [-0.2, 0) is 56.0 Å². The Kier molecular flexibility index (Phi) is 20.3. The van der Waals surface area contributed by atoms with Crippen LogP contribution >= 0.6 is 15.2 Å². The zero-order valence-electron chi connectivity index (χ0n) is 37.5. The number of esters is 2. The maximum atomic E-state index is 14.2. The third-order valence-electron chi connectivity index (χ3n) is 7.79. The standard InChI is InChI=1S/C38H78N2O12P2/c1-21-47-53(43,48-22-2)29(33(5,6)7)39(35(11,12)13)51-37(17,18)31(41)45-27-25-26-28-46-32(42)38(19,20)52-40(36(14,15)16)30(34(8,9)10)54(44,49-23-3)50-24-4/h29-30H,21-28H2,1-20H3. The molecule has 0 aliphatic rings. The van der Waals surface area contributed by atoms with E-state index in [2.05, 4.69) is 0 Å². The minimum absolute atomic E-state index is 0.0485. The molecule has 0 amide bonds. The molecule has 16 heteroatoms. The average molecular weight is 817 g/mol. The Labute approximate surface area is 328 Å². The number of carbonyl (C=O) groups excluding carboxylic acids is 2. The second-order valence-electron chi connectivity index (χ2n) is 18.4. The fraction of sp³-hybridized carbons (Fsp3) is 0.947. The largest absolute Gasteiger partial charge is 0.464 e. The molecule has 2 atom stereocenters. The molecule has 0 aromatic rings. The fourth-order valence-electron chi connectivity index (χ4n) is 5.54. The number of hydrogen-bond acceptors (Lipinski definition) is 14. The second-order valence-corrected chi connectivity index (χ2v) is 22.6. The highest BCUT2D eigenvalue weighted by Crippen LogP contribution is 2.62. The van der Waals surface area contributed by atoms with E-state index in [-0.39, 0.29) is 39.6 Å². The van der Waals surface area contributed by atoms with Gasteiger partial charge in [-0.1, -0.05) is 41.5 Å². The van der Waals surface area contributed by atoms with E-state index in [4.69, 9.17) is 37.2 Å². The summed E-state index contributed by atoms with van der Waals surface area (Å²) in [5, 5.41) is 3.11. The van der Waals surface area contributed by atoms with E-state index in [1.54, 1.807) is 65.5 Å². The summed E-state index contributed by atoms with van der Waals surface area (Å²) >= 11 is 0. The van der Waals surface area contributed by atoms with Crippen molar-refractivity contribution >= 4 is 27.1 Å². The topological polar surface area (TPSA) is 149 Å². The molecule has 322 valence electrons. The van der Waals surface area contributed by atoms with Crippen LogP contribution in [0.25, 0.3) is 0 Å². The molecular weight excluding hydrogens is 738 g/mol. The van der Waals surface area contributed by atoms with Gasteiger partial charge in [0.2, 0.25) is 0 Å². The van der Waals surface area contributed by atoms with E-state index >= 15 is 0 Å². The maximum Gasteiger partial charge on any atom is 0.350 e. The average Bonchev–Trinajstić information content (AvgIpc) is 2.95. The highest BCUT2D eigenvalue weighted by atomic mass is 31.2. The molecule has 0 aliphatic heterocycles. The quantitative estimate of drug-likeness (QED) is 0.0417. The first-order chi connectivity index (χ1) is 24.2. The molecule has 0 rings (SSSR count). The first-order valence-electron chi connectivity index (χ1n) is 19.3. The summed E-state index contributed by atoms with van der Waals surface area (Å²) in [5.41, 5.74) is -5.65. The van der Waals surface area contributed by atoms with Crippen LogP contribution in [0.4, 0.5) is 0 Å². The summed E-state index contributed by atoms with van der Waals surface area (Å²) in [6.45, 7) is 37.1. The maximum absolute atomic E-state index is 14.2. The van der Waals surface area contributed by atoms with Crippen LogP contribution in [0.5, 0.6) is 0 Å². The molecule has 0 radical (unpaired) electrons. The lowest BCUT2D eigenvalue weighted by Crippen LogP contribution is -2.57. The third-order valence-corrected chi connectivity index (χ3v) is 13.4. The van der Waals surface area contributed by atoms with Gasteiger partial charge in [-0.2, -0.15) is 10.1 Å². The molecule has 0 bridgehead atoms. The molecule has 2 unspecified atom stereocenters. The van der Waals surface area contributed by atoms with Crippen molar-refractivity contribution in [2.75, 3.05) is 39.6 Å². The van der Waals surface area contributed by atoms with Gasteiger partial charge in [0.15, 0.2) is 11.2 Å². The zero-order chi connectivity index (χ0) is 42.8. The summed E-state index contributed by atoms with van der Waals surface area (Å²) in [7, 11) is -7.49. The number of carbonyl (C=O) groups is 2. The Bertz CT molecular complexity index is 1150. The van der Waals surface area contributed by atoms with Crippen molar-refractivity contribution in [3.63, 3.8) is 0 Å². The van der Waals surface area contributed by atoms with Gasteiger partial charge in [-0.05, 0) is 121 Å². The number of ether oxygens (including phenoxy) is 2. The number of unbranched alkanes of at least 4 members (excludes halogenated alkanes) is 1. The van der Waals surface area contributed by atoms with Crippen LogP contribution in [0.3, 0.4) is 0 Å². The summed E-state index contributed by atoms with van der Waals surface area (Å²) in [4.78, 5) is 39.5. The van der Waals surface area contributed by atoms with E-state index in [0.29, 0.717) is 12.8 Å². The number of rotatable bonds is 23. The van der Waals surface area contributed by atoms with Crippen LogP contribution in [0.2, 0.25) is 0 Å². The Morgan fingerprint density at radius 3 is 0.907 bits per heavy atom. The van der Waals surface area contributed by atoms with Crippen LogP contribution < -0.4 is 0 Å². The van der Waals surface area contributed by atoms with E-state index in [1.165, 1.54) is 0 Å². The van der Waals surface area contributed by atoms with Gasteiger partial charge in [0.05, 0.1) is 39.6 Å². The van der Waals surface area contributed by atoms with Crippen molar-refractivity contribution in [2.24, 2.45) is 10.8 Å². The Balaban J connectivity index is 5.75. The predicted molar refractivity (Wildman–Crippen MR) is 213 cm³/mol. The summed E-state index contributed by atoms with van der Waals surface area (Å²) in [6.07, 6.45) is 0.806. The molecule has 14 nitrogen and oxygen atoms in total. The summed E-state index contributed by atoms with van der Waals surface area (Å²) in [5.74, 6) is -2.95. The molecular formula is C38H78N2O12P2. The van der Waals surface area contributed by atoms with Gasteiger partial charge in [0, 0.05) is 11.1 Å². The molecule has 0 heterocycles. The SMILES string of the molecule is CCOP(=O)(OCC)C(N(OC(C)(C)C(=O)OCCCCOC(=O)C(C)(C)ON(C(C(C)(C)C)P(=O)(OCC)OCC)C(C)(C)C)C(C)(C)C)C(C)(C)C. The molecule has 54 heavy (non-hydrogen) atoms. The predicted octanol–water partition coefficient (Wildman–Crippen LogP) is 9.75. The van der Waals surface area contributed by atoms with Gasteiger partial charge >= 0.3 is 27.1 Å². The Morgan fingerprint density at radius 2 is 0.722 bits per heavy atom. The number of hydrogen-bond donors (Lipinski definition) is 0. The molecule has 0 saturated carbocycles. The van der Waals surface area contributed by atoms with Crippen LogP contribution in [0, 0.1) is 10.8 Å². The molecule has 0 saturated heterocycles. The molecule has 0 aliphatic carbocycles. The highest BCUT2D eigenvalue weighted by molar-refractivity contribution is 7.55. The first-order valence-corrected chi connectivity index (χ1v) is 22.5. The third kappa shape index (κ3) is 15.8. The van der Waals surface area contributed by atoms with E-state index in [9.17, 15) is 18.7 Å². The van der Waals surface area contributed by atoms with Crippen LogP contribution in [0.15, 0.2) is 0 Å². The monoisotopic (exact) mass is 817 g/mol. The van der Waals surface area contributed by atoms with Crippen LogP contribution in [0.1, 0.15) is 151 Å². The van der Waals surface area contributed by atoms with Crippen molar-refractivity contribution in [2.45, 2.75) is 185 Å². The van der Waals surface area contributed by atoms with E-state index in [1.807, 2.05) is 83.1 Å². The number of nitrogens with zero attached hydrogens (tertiary/aromatic N) is 2. The second kappa shape index (κ2) is 20.7. The normalized spacial score (nSPS) is 15.4. The minimum atomic E-state index is -3.74. The van der Waals surface area contributed by atoms with Crippen molar-refractivity contribution in [3.05, 3.63) is 0 Å². The van der Waals surface area contributed by atoms with Gasteiger partial charge in [0.1, 0.15) is 11.6 Å². The molecule has 0 N–H and O–H groups in total. The lowest BCUT2D eigenvalue weighted by atomic mass is 9.94. The highest BCUT2D eigenvalue weighted by Gasteiger charge is 2.55. The summed E-state index contributed by atoms with van der Waals surface area (Å²) in [6, 6.07) is 0. The Hall–Kier alpha value is -0.920.